The minimum Gasteiger partial charge on any atom is -0.481 e. The number of carboxylic acids is 1. The number of rotatable bonds is 10. The molecular weight excluding hydrogens is 332 g/mol. The standard InChI is InChI=1S/C13H24S3.C4H8O2/c1-2-3-4-5-6-7-8-9-10-12-11-15-13(14)16-12;1-3(2)4(5)6/h12H,2-11H2,1H3;3H,1-2H3,(H,5,6). The van der Waals surface area contributed by atoms with Gasteiger partial charge in [0, 0.05) is 11.0 Å². The van der Waals surface area contributed by atoms with E-state index >= 15 is 0 Å². The van der Waals surface area contributed by atoms with Crippen LogP contribution >= 0.6 is 35.7 Å². The van der Waals surface area contributed by atoms with Crippen LogP contribution in [-0.4, -0.2) is 25.6 Å². The van der Waals surface area contributed by atoms with Crippen LogP contribution in [-0.2, 0) is 4.79 Å². The molecular formula is C17H32O2S3. The highest BCUT2D eigenvalue weighted by Crippen LogP contribution is 2.35. The normalized spacial score (nSPS) is 17.5. The summed E-state index contributed by atoms with van der Waals surface area (Å²) in [7, 11) is 0. The monoisotopic (exact) mass is 364 g/mol. The Morgan fingerprint density at radius 2 is 1.68 bits per heavy atom. The van der Waals surface area contributed by atoms with Gasteiger partial charge in [0.1, 0.15) is 3.53 Å². The number of carboxylic acid groups (broad SMARTS) is 1. The smallest absolute Gasteiger partial charge is 0.305 e. The molecule has 1 N–H and O–H groups in total. The maximum Gasteiger partial charge on any atom is 0.305 e. The molecule has 0 aromatic heterocycles. The third kappa shape index (κ3) is 13.9. The fourth-order valence-corrected chi connectivity index (χ4v) is 5.03. The van der Waals surface area contributed by atoms with E-state index in [4.69, 9.17) is 17.3 Å². The van der Waals surface area contributed by atoms with E-state index in [1.165, 1.54) is 67.1 Å². The molecule has 0 radical (unpaired) electrons. The molecule has 0 aromatic rings. The van der Waals surface area contributed by atoms with Gasteiger partial charge in [-0.25, -0.2) is 0 Å². The third-order valence-electron chi connectivity index (χ3n) is 3.52. The summed E-state index contributed by atoms with van der Waals surface area (Å²) in [6.45, 7) is 5.56. The Bertz CT molecular complexity index is 306. The minimum absolute atomic E-state index is 0.231. The van der Waals surface area contributed by atoms with Crippen molar-refractivity contribution in [1.82, 2.24) is 0 Å². The lowest BCUT2D eigenvalue weighted by Crippen LogP contribution is -2.03. The van der Waals surface area contributed by atoms with Crippen LogP contribution in [0.3, 0.4) is 0 Å². The highest BCUT2D eigenvalue weighted by molar-refractivity contribution is 8.49. The molecule has 1 saturated heterocycles. The highest BCUT2D eigenvalue weighted by atomic mass is 32.2. The molecule has 1 unspecified atom stereocenters. The molecule has 0 spiro atoms. The Balaban J connectivity index is 0.000000626. The van der Waals surface area contributed by atoms with Gasteiger partial charge in [-0.15, -0.1) is 23.5 Å². The van der Waals surface area contributed by atoms with Crippen LogP contribution in [0.4, 0.5) is 0 Å². The predicted molar refractivity (Wildman–Crippen MR) is 106 cm³/mol. The molecule has 5 heteroatoms. The lowest BCUT2D eigenvalue weighted by atomic mass is 10.1. The van der Waals surface area contributed by atoms with E-state index in [2.05, 4.69) is 6.92 Å². The van der Waals surface area contributed by atoms with Gasteiger partial charge in [-0.2, -0.15) is 0 Å². The van der Waals surface area contributed by atoms with Crippen LogP contribution < -0.4 is 0 Å². The van der Waals surface area contributed by atoms with Crippen molar-refractivity contribution in [2.75, 3.05) is 5.75 Å². The highest BCUT2D eigenvalue weighted by Gasteiger charge is 2.19. The van der Waals surface area contributed by atoms with E-state index in [0.717, 1.165) is 5.25 Å². The second kappa shape index (κ2) is 14.8. The van der Waals surface area contributed by atoms with Crippen molar-refractivity contribution in [3.63, 3.8) is 0 Å². The first-order valence-corrected chi connectivity index (χ1v) is 10.8. The quantitative estimate of drug-likeness (QED) is 0.360. The SMILES string of the molecule is CC(C)C(=O)O.CCCCCCCCCCC1CSC(=S)S1. The Kier molecular flexibility index (Phi) is 15.0. The van der Waals surface area contributed by atoms with Crippen molar-refractivity contribution < 1.29 is 9.90 Å². The van der Waals surface area contributed by atoms with Crippen LogP contribution in [0.1, 0.15) is 78.6 Å². The molecule has 0 saturated carbocycles. The summed E-state index contributed by atoms with van der Waals surface area (Å²) < 4.78 is 1.17. The van der Waals surface area contributed by atoms with Crippen LogP contribution in [0.15, 0.2) is 0 Å². The van der Waals surface area contributed by atoms with Gasteiger partial charge in [-0.1, -0.05) is 84.4 Å². The van der Waals surface area contributed by atoms with E-state index in [9.17, 15) is 4.79 Å². The van der Waals surface area contributed by atoms with E-state index in [1.807, 2.05) is 23.5 Å². The summed E-state index contributed by atoms with van der Waals surface area (Å²) in [5.74, 6) is 0.292. The Labute approximate surface area is 150 Å². The zero-order valence-electron chi connectivity index (χ0n) is 14.3. The van der Waals surface area contributed by atoms with Gasteiger partial charge in [0.25, 0.3) is 0 Å². The average Bonchev–Trinajstić information content (AvgIpc) is 2.88. The Hall–Kier alpha value is 0.260. The topological polar surface area (TPSA) is 37.3 Å². The van der Waals surface area contributed by atoms with E-state index < -0.39 is 5.97 Å². The van der Waals surface area contributed by atoms with Gasteiger partial charge in [-0.3, -0.25) is 4.79 Å². The van der Waals surface area contributed by atoms with Crippen LogP contribution in [0, 0.1) is 5.92 Å². The summed E-state index contributed by atoms with van der Waals surface area (Å²) in [4.78, 5) is 9.70. The van der Waals surface area contributed by atoms with Gasteiger partial charge in [0.15, 0.2) is 0 Å². The summed E-state index contributed by atoms with van der Waals surface area (Å²) in [6.07, 6.45) is 12.8. The van der Waals surface area contributed by atoms with Crippen molar-refractivity contribution in [1.29, 1.82) is 0 Å². The van der Waals surface area contributed by atoms with E-state index in [-0.39, 0.29) is 5.92 Å². The number of thioether (sulfide) groups is 2. The molecule has 0 bridgehead atoms. The summed E-state index contributed by atoms with van der Waals surface area (Å²) in [5.41, 5.74) is 0. The van der Waals surface area contributed by atoms with E-state index in [1.54, 1.807) is 13.8 Å². The second-order valence-electron chi connectivity index (χ2n) is 6.06. The van der Waals surface area contributed by atoms with Crippen molar-refractivity contribution in [2.24, 2.45) is 5.92 Å². The molecule has 0 amide bonds. The van der Waals surface area contributed by atoms with Crippen molar-refractivity contribution in [3.8, 4) is 0 Å². The van der Waals surface area contributed by atoms with Gasteiger partial charge < -0.3 is 5.11 Å². The first-order chi connectivity index (χ1) is 10.5. The molecule has 130 valence electrons. The average molecular weight is 365 g/mol. The lowest BCUT2D eigenvalue weighted by Gasteiger charge is -2.06. The van der Waals surface area contributed by atoms with E-state index in [0.29, 0.717) is 0 Å². The van der Waals surface area contributed by atoms with Gasteiger partial charge in [-0.05, 0) is 6.42 Å². The van der Waals surface area contributed by atoms with Gasteiger partial charge in [0.2, 0.25) is 0 Å². The maximum absolute atomic E-state index is 9.70. The number of hydrogen-bond donors (Lipinski definition) is 1. The van der Waals surface area contributed by atoms with Gasteiger partial charge >= 0.3 is 5.97 Å². The molecule has 1 heterocycles. The first kappa shape index (κ1) is 22.3. The second-order valence-corrected chi connectivity index (χ2v) is 9.58. The van der Waals surface area contributed by atoms with Crippen molar-refractivity contribution >= 4 is 45.2 Å². The molecule has 1 atom stereocenters. The largest absolute Gasteiger partial charge is 0.481 e. The fraction of sp³-hybridized carbons (Fsp3) is 0.882. The van der Waals surface area contributed by atoms with Crippen molar-refractivity contribution in [2.45, 2.75) is 83.8 Å². The maximum atomic E-state index is 9.70. The third-order valence-corrected chi connectivity index (χ3v) is 6.75. The molecule has 0 aliphatic carbocycles. The molecule has 1 fully saturated rings. The lowest BCUT2D eigenvalue weighted by molar-refractivity contribution is -0.140. The molecule has 22 heavy (non-hydrogen) atoms. The van der Waals surface area contributed by atoms with Crippen LogP contribution in [0.25, 0.3) is 0 Å². The number of aliphatic carboxylic acids is 1. The van der Waals surface area contributed by atoms with Crippen molar-refractivity contribution in [3.05, 3.63) is 0 Å². The Morgan fingerprint density at radius 1 is 1.18 bits per heavy atom. The molecule has 1 aliphatic rings. The van der Waals surface area contributed by atoms with Crippen LogP contribution in [0.2, 0.25) is 0 Å². The predicted octanol–water partition coefficient (Wildman–Crippen LogP) is 6.38. The molecule has 1 aliphatic heterocycles. The molecule has 0 aromatic carbocycles. The zero-order valence-corrected chi connectivity index (χ0v) is 16.8. The van der Waals surface area contributed by atoms with Crippen LogP contribution in [0.5, 0.6) is 0 Å². The zero-order chi connectivity index (χ0) is 16.8. The minimum atomic E-state index is -0.741. The number of hydrogen-bond acceptors (Lipinski definition) is 4. The first-order valence-electron chi connectivity index (χ1n) is 8.53. The number of unbranched alkanes of at least 4 members (excludes halogenated alkanes) is 7. The van der Waals surface area contributed by atoms with Gasteiger partial charge in [0.05, 0.1) is 5.92 Å². The number of thiocarbonyl (C=S) groups is 1. The fourth-order valence-electron chi connectivity index (χ4n) is 2.01. The summed E-state index contributed by atoms with van der Waals surface area (Å²) >= 11 is 8.99. The molecule has 2 nitrogen and oxygen atoms in total. The Morgan fingerprint density at radius 3 is 2.09 bits per heavy atom. The molecule has 1 rings (SSSR count). The summed E-state index contributed by atoms with van der Waals surface area (Å²) in [5, 5.41) is 8.82. The summed E-state index contributed by atoms with van der Waals surface area (Å²) in [6, 6.07) is 0. The number of carbonyl (C=O) groups is 1.